The number of rotatable bonds is 6. The van der Waals surface area contributed by atoms with Crippen LogP contribution in [0.5, 0.6) is 0 Å². The lowest BCUT2D eigenvalue weighted by Crippen LogP contribution is -2.47. The van der Waals surface area contributed by atoms with Gasteiger partial charge in [0.05, 0.1) is 12.1 Å². The third-order valence-electron chi connectivity index (χ3n) is 9.48. The molecule has 1 amide bonds. The van der Waals surface area contributed by atoms with E-state index in [4.69, 9.17) is 4.74 Å². The summed E-state index contributed by atoms with van der Waals surface area (Å²) >= 11 is 0. The molecule has 6 nitrogen and oxygen atoms in total. The second-order valence-corrected chi connectivity index (χ2v) is 12.1. The summed E-state index contributed by atoms with van der Waals surface area (Å²) in [6.45, 7) is 4.65. The highest BCUT2D eigenvalue weighted by atomic mass is 19.4. The number of hydrogen-bond acceptors (Lipinski definition) is 5. The minimum absolute atomic E-state index is 0.0371. The first kappa shape index (κ1) is 27.7. The Morgan fingerprint density at radius 2 is 1.95 bits per heavy atom. The Balaban J connectivity index is 1.12. The monoisotopic (exact) mass is 556 g/mol. The summed E-state index contributed by atoms with van der Waals surface area (Å²) in [4.78, 5) is 22.3. The fraction of sp³-hybridized carbons (Fsp3) is 0.613. The summed E-state index contributed by atoms with van der Waals surface area (Å²) in [5.74, 6) is 0.776. The number of aryl methyl sites for hydroxylation is 1. The van der Waals surface area contributed by atoms with Crippen LogP contribution in [-0.2, 0) is 35.1 Å². The second-order valence-electron chi connectivity index (χ2n) is 12.1. The third kappa shape index (κ3) is 6.21. The van der Waals surface area contributed by atoms with Crippen molar-refractivity contribution in [3.8, 4) is 0 Å². The number of likely N-dealkylation sites (tertiary alicyclic amines) is 1. The van der Waals surface area contributed by atoms with E-state index in [-0.39, 0.29) is 18.5 Å². The largest absolute Gasteiger partial charge is 0.416 e. The first-order valence-electron chi connectivity index (χ1n) is 14.8. The topological polar surface area (TPSA) is 57.7 Å². The van der Waals surface area contributed by atoms with Crippen LogP contribution in [-0.4, -0.2) is 72.2 Å². The Kier molecular flexibility index (Phi) is 8.15. The molecule has 0 radical (unpaired) electrons. The van der Waals surface area contributed by atoms with Crippen molar-refractivity contribution in [3.63, 3.8) is 0 Å². The standard InChI is InChI=1S/C31H39F3N4O2/c32-31(33,34)26-6-5-21-8-11-37(17-24(21)15-26)20-30(39)36-29-19-38(27-2-1-12-40-13-9-27)18-25(29)14-23-4-3-22-7-10-35-16-28(22)23/h5-7,10,15-16,23,25,27,29H,1-4,8-9,11-14,17-20H2,(H,36,39)/t23-,25-,27?,29?/m0/s1. The van der Waals surface area contributed by atoms with E-state index in [0.29, 0.717) is 43.0 Å². The first-order valence-corrected chi connectivity index (χ1v) is 14.8. The van der Waals surface area contributed by atoms with Crippen LogP contribution in [0, 0.1) is 5.92 Å². The molecule has 4 atom stereocenters. The summed E-state index contributed by atoms with van der Waals surface area (Å²) in [7, 11) is 0. The van der Waals surface area contributed by atoms with E-state index >= 15 is 0 Å². The summed E-state index contributed by atoms with van der Waals surface area (Å²) in [5, 5.41) is 3.37. The minimum Gasteiger partial charge on any atom is -0.381 e. The van der Waals surface area contributed by atoms with Crippen molar-refractivity contribution in [2.24, 2.45) is 5.92 Å². The lowest BCUT2D eigenvalue weighted by Gasteiger charge is -2.30. The predicted octanol–water partition coefficient (Wildman–Crippen LogP) is 4.56. The number of halogens is 3. The van der Waals surface area contributed by atoms with Crippen molar-refractivity contribution >= 4 is 5.91 Å². The number of ether oxygens (including phenoxy) is 1. The van der Waals surface area contributed by atoms with Gasteiger partial charge in [-0.15, -0.1) is 0 Å². The molecule has 6 rings (SSSR count). The lowest BCUT2D eigenvalue weighted by atomic mass is 9.88. The maximum Gasteiger partial charge on any atom is 0.416 e. The lowest BCUT2D eigenvalue weighted by molar-refractivity contribution is -0.137. The normalized spacial score (nSPS) is 27.7. The Bertz CT molecular complexity index is 1200. The van der Waals surface area contributed by atoms with Crippen molar-refractivity contribution in [3.05, 3.63) is 64.5 Å². The number of fused-ring (bicyclic) bond motifs is 2. The number of benzene rings is 1. The van der Waals surface area contributed by atoms with Gasteiger partial charge in [-0.05, 0) is 97.2 Å². The van der Waals surface area contributed by atoms with Gasteiger partial charge in [0, 0.05) is 63.9 Å². The van der Waals surface area contributed by atoms with Crippen LogP contribution in [0.2, 0.25) is 0 Å². The molecule has 0 spiro atoms. The van der Waals surface area contributed by atoms with E-state index < -0.39 is 11.7 Å². The number of alkyl halides is 3. The Hall–Kier alpha value is -2.49. The maximum atomic E-state index is 13.3. The van der Waals surface area contributed by atoms with Crippen molar-refractivity contribution in [1.29, 1.82) is 0 Å². The molecule has 0 saturated carbocycles. The molecule has 2 unspecified atom stereocenters. The summed E-state index contributed by atoms with van der Waals surface area (Å²) in [5.41, 5.74) is 3.74. The molecule has 216 valence electrons. The fourth-order valence-corrected chi connectivity index (χ4v) is 7.37. The third-order valence-corrected chi connectivity index (χ3v) is 9.48. The highest BCUT2D eigenvalue weighted by molar-refractivity contribution is 5.78. The van der Waals surface area contributed by atoms with E-state index in [1.165, 1.54) is 17.2 Å². The Morgan fingerprint density at radius 1 is 1.05 bits per heavy atom. The SMILES string of the molecule is O=C(CN1CCc2ccc(C(F)(F)F)cc2C1)NC1CN(C2CCCOCC2)C[C@@H]1C[C@@H]1CCc2ccncc21. The number of carbonyl (C=O) groups is 1. The zero-order valence-electron chi connectivity index (χ0n) is 23.0. The van der Waals surface area contributed by atoms with Gasteiger partial charge in [-0.1, -0.05) is 6.07 Å². The molecule has 2 saturated heterocycles. The molecule has 2 aromatic rings. The van der Waals surface area contributed by atoms with Gasteiger partial charge in [-0.2, -0.15) is 13.2 Å². The molecule has 9 heteroatoms. The van der Waals surface area contributed by atoms with Crippen molar-refractivity contribution in [1.82, 2.24) is 20.1 Å². The van der Waals surface area contributed by atoms with E-state index in [1.807, 2.05) is 17.3 Å². The quantitative estimate of drug-likeness (QED) is 0.565. The Morgan fingerprint density at radius 3 is 2.83 bits per heavy atom. The molecule has 0 bridgehead atoms. The van der Waals surface area contributed by atoms with Crippen LogP contribution >= 0.6 is 0 Å². The molecule has 1 aliphatic carbocycles. The number of nitrogens with one attached hydrogen (secondary N) is 1. The van der Waals surface area contributed by atoms with Gasteiger partial charge in [0.25, 0.3) is 0 Å². The molecular weight excluding hydrogens is 517 g/mol. The number of amides is 1. The van der Waals surface area contributed by atoms with Crippen molar-refractivity contribution in [2.75, 3.05) is 39.4 Å². The van der Waals surface area contributed by atoms with Gasteiger partial charge in [-0.25, -0.2) is 0 Å². The van der Waals surface area contributed by atoms with Gasteiger partial charge < -0.3 is 10.1 Å². The molecule has 1 N–H and O–H groups in total. The molecule has 4 aliphatic rings. The van der Waals surface area contributed by atoms with Gasteiger partial charge in [0.1, 0.15) is 0 Å². The van der Waals surface area contributed by atoms with Gasteiger partial charge in [-0.3, -0.25) is 19.6 Å². The summed E-state index contributed by atoms with van der Waals surface area (Å²) in [6, 6.07) is 6.66. The van der Waals surface area contributed by atoms with E-state index in [0.717, 1.165) is 76.5 Å². The molecule has 2 fully saturated rings. The van der Waals surface area contributed by atoms with Crippen LogP contribution in [0.3, 0.4) is 0 Å². The molecule has 3 aliphatic heterocycles. The van der Waals surface area contributed by atoms with Crippen molar-refractivity contribution in [2.45, 2.75) is 75.7 Å². The predicted molar refractivity (Wildman–Crippen MR) is 146 cm³/mol. The van der Waals surface area contributed by atoms with E-state index in [2.05, 4.69) is 21.3 Å². The number of nitrogens with zero attached hydrogens (tertiary/aromatic N) is 3. The summed E-state index contributed by atoms with van der Waals surface area (Å²) < 4.78 is 45.5. The van der Waals surface area contributed by atoms with Gasteiger partial charge >= 0.3 is 6.18 Å². The Labute approximate surface area is 234 Å². The first-order chi connectivity index (χ1) is 19.3. The zero-order chi connectivity index (χ0) is 27.7. The summed E-state index contributed by atoms with van der Waals surface area (Å²) in [6.07, 6.45) is 6.64. The van der Waals surface area contributed by atoms with Crippen LogP contribution in [0.15, 0.2) is 36.7 Å². The zero-order valence-corrected chi connectivity index (χ0v) is 23.0. The number of aromatic nitrogens is 1. The molecule has 1 aromatic heterocycles. The van der Waals surface area contributed by atoms with Gasteiger partial charge in [0.15, 0.2) is 0 Å². The van der Waals surface area contributed by atoms with Crippen molar-refractivity contribution < 1.29 is 22.7 Å². The van der Waals surface area contributed by atoms with Crippen LogP contribution < -0.4 is 5.32 Å². The number of carbonyl (C=O) groups excluding carboxylic acids is 1. The maximum absolute atomic E-state index is 13.3. The average molecular weight is 557 g/mol. The van der Waals surface area contributed by atoms with Gasteiger partial charge in [0.2, 0.25) is 5.91 Å². The minimum atomic E-state index is -4.36. The molecule has 4 heterocycles. The van der Waals surface area contributed by atoms with E-state index in [9.17, 15) is 18.0 Å². The number of pyridine rings is 1. The van der Waals surface area contributed by atoms with Crippen LogP contribution in [0.1, 0.15) is 65.8 Å². The van der Waals surface area contributed by atoms with Crippen LogP contribution in [0.25, 0.3) is 0 Å². The van der Waals surface area contributed by atoms with E-state index in [1.54, 1.807) is 6.07 Å². The van der Waals surface area contributed by atoms with Crippen LogP contribution in [0.4, 0.5) is 13.2 Å². The second kappa shape index (κ2) is 11.8. The molecular formula is C31H39F3N4O2. The molecule has 1 aromatic carbocycles. The highest BCUT2D eigenvalue weighted by Gasteiger charge is 2.39. The fourth-order valence-electron chi connectivity index (χ4n) is 7.37. The smallest absolute Gasteiger partial charge is 0.381 e. The highest BCUT2D eigenvalue weighted by Crippen LogP contribution is 2.40. The molecule has 40 heavy (non-hydrogen) atoms. The number of hydrogen-bond donors (Lipinski definition) is 1. The average Bonchev–Trinajstić information content (AvgIpc) is 3.40.